The van der Waals surface area contributed by atoms with E-state index < -0.39 is 5.97 Å². The summed E-state index contributed by atoms with van der Waals surface area (Å²) >= 11 is 0. The molecule has 1 heterocycles. The Morgan fingerprint density at radius 2 is 2.19 bits per heavy atom. The summed E-state index contributed by atoms with van der Waals surface area (Å²) in [5.74, 6) is 0.0359. The van der Waals surface area contributed by atoms with Gasteiger partial charge in [-0.15, -0.1) is 0 Å². The van der Waals surface area contributed by atoms with E-state index in [1.165, 1.54) is 11.1 Å². The molecule has 4 heteroatoms. The van der Waals surface area contributed by atoms with Crippen molar-refractivity contribution >= 4 is 5.97 Å². The second-order valence-electron chi connectivity index (χ2n) is 5.63. The number of ether oxygens (including phenoxy) is 1. The number of carbonyl (C=O) groups is 1. The third kappa shape index (κ3) is 4.21. The number of carboxylic acids is 1. The van der Waals surface area contributed by atoms with Crippen LogP contribution >= 0.6 is 0 Å². The Hall–Kier alpha value is -1.55. The van der Waals surface area contributed by atoms with Gasteiger partial charge >= 0.3 is 5.97 Å². The third-order valence-electron chi connectivity index (χ3n) is 4.12. The Morgan fingerprint density at radius 3 is 2.86 bits per heavy atom. The van der Waals surface area contributed by atoms with Crippen molar-refractivity contribution in [3.8, 4) is 5.75 Å². The second-order valence-corrected chi connectivity index (χ2v) is 5.63. The van der Waals surface area contributed by atoms with Crippen LogP contribution in [0.2, 0.25) is 0 Å². The summed E-state index contributed by atoms with van der Waals surface area (Å²) in [6, 6.07) is 6.24. The molecule has 1 aliphatic heterocycles. The van der Waals surface area contributed by atoms with Crippen molar-refractivity contribution in [2.75, 3.05) is 19.7 Å². The van der Waals surface area contributed by atoms with Crippen molar-refractivity contribution in [3.63, 3.8) is 0 Å². The summed E-state index contributed by atoms with van der Waals surface area (Å²) in [5.41, 5.74) is 2.57. The van der Waals surface area contributed by atoms with E-state index in [-0.39, 0.29) is 5.92 Å². The summed E-state index contributed by atoms with van der Waals surface area (Å²) in [4.78, 5) is 13.4. The highest BCUT2D eigenvalue weighted by Crippen LogP contribution is 2.23. The minimum Gasteiger partial charge on any atom is -0.494 e. The third-order valence-corrected chi connectivity index (χ3v) is 4.12. The van der Waals surface area contributed by atoms with Crippen LogP contribution in [0.4, 0.5) is 0 Å². The topological polar surface area (TPSA) is 49.8 Å². The van der Waals surface area contributed by atoms with E-state index in [4.69, 9.17) is 4.74 Å². The maximum absolute atomic E-state index is 11.1. The Balaban J connectivity index is 2.06. The molecular weight excluding hydrogens is 266 g/mol. The van der Waals surface area contributed by atoms with Crippen molar-refractivity contribution in [1.29, 1.82) is 0 Å². The normalized spacial score (nSPS) is 19.4. The van der Waals surface area contributed by atoms with Gasteiger partial charge in [0.25, 0.3) is 0 Å². The van der Waals surface area contributed by atoms with Gasteiger partial charge in [0.1, 0.15) is 5.75 Å². The van der Waals surface area contributed by atoms with E-state index in [1.807, 2.05) is 13.0 Å². The molecule has 1 unspecified atom stereocenters. The zero-order valence-electron chi connectivity index (χ0n) is 13.0. The first-order valence-corrected chi connectivity index (χ1v) is 7.83. The number of carboxylic acid groups (broad SMARTS) is 1. The summed E-state index contributed by atoms with van der Waals surface area (Å²) in [7, 11) is 0. The molecule has 1 atom stereocenters. The standard InChI is InChI=1S/C17H25NO3/c1-3-13-10-16(21-4-2)8-7-14(13)11-18-9-5-6-15(12-18)17(19)20/h7-8,10,15H,3-6,9,11-12H2,1-2H3,(H,19,20). The molecule has 4 nitrogen and oxygen atoms in total. The van der Waals surface area contributed by atoms with Gasteiger partial charge in [0.15, 0.2) is 0 Å². The van der Waals surface area contributed by atoms with Gasteiger partial charge in [-0.25, -0.2) is 0 Å². The number of benzene rings is 1. The smallest absolute Gasteiger partial charge is 0.307 e. The Labute approximate surface area is 126 Å². The largest absolute Gasteiger partial charge is 0.494 e. The fourth-order valence-electron chi connectivity index (χ4n) is 2.98. The van der Waals surface area contributed by atoms with Gasteiger partial charge in [-0.05, 0) is 56.0 Å². The molecule has 1 N–H and O–H groups in total. The number of piperidine rings is 1. The molecule has 0 saturated carbocycles. The molecule has 1 aromatic carbocycles. The van der Waals surface area contributed by atoms with Crippen LogP contribution in [-0.2, 0) is 17.8 Å². The number of likely N-dealkylation sites (tertiary alicyclic amines) is 1. The fraction of sp³-hybridized carbons (Fsp3) is 0.588. The lowest BCUT2D eigenvalue weighted by atomic mass is 9.97. The highest BCUT2D eigenvalue weighted by atomic mass is 16.5. The van der Waals surface area contributed by atoms with E-state index in [9.17, 15) is 9.90 Å². The van der Waals surface area contributed by atoms with E-state index in [0.29, 0.717) is 13.2 Å². The molecule has 0 radical (unpaired) electrons. The predicted molar refractivity (Wildman–Crippen MR) is 82.6 cm³/mol. The molecule has 0 amide bonds. The molecule has 0 bridgehead atoms. The van der Waals surface area contributed by atoms with Gasteiger partial charge in [0, 0.05) is 13.1 Å². The van der Waals surface area contributed by atoms with Gasteiger partial charge in [-0.2, -0.15) is 0 Å². The summed E-state index contributed by atoms with van der Waals surface area (Å²) < 4.78 is 5.55. The first-order valence-electron chi connectivity index (χ1n) is 7.83. The molecule has 0 aromatic heterocycles. The van der Waals surface area contributed by atoms with Gasteiger partial charge in [-0.3, -0.25) is 9.69 Å². The number of nitrogens with zero attached hydrogens (tertiary/aromatic N) is 1. The first kappa shape index (κ1) is 15.8. The highest BCUT2D eigenvalue weighted by Gasteiger charge is 2.25. The van der Waals surface area contributed by atoms with Gasteiger partial charge < -0.3 is 9.84 Å². The molecular formula is C17H25NO3. The average molecular weight is 291 g/mol. The number of hydrogen-bond donors (Lipinski definition) is 1. The lowest BCUT2D eigenvalue weighted by molar-refractivity contribution is -0.143. The number of aryl methyl sites for hydroxylation is 1. The molecule has 21 heavy (non-hydrogen) atoms. The fourth-order valence-corrected chi connectivity index (χ4v) is 2.98. The van der Waals surface area contributed by atoms with Crippen LogP contribution < -0.4 is 4.74 Å². The van der Waals surface area contributed by atoms with Crippen LogP contribution in [0.5, 0.6) is 5.75 Å². The molecule has 1 fully saturated rings. The van der Waals surface area contributed by atoms with Crippen LogP contribution in [0.3, 0.4) is 0 Å². The Kier molecular flexibility index (Phi) is 5.62. The SMILES string of the molecule is CCOc1ccc(CN2CCCC(C(=O)O)C2)c(CC)c1. The molecule has 1 aromatic rings. The maximum Gasteiger partial charge on any atom is 0.307 e. The van der Waals surface area contributed by atoms with Gasteiger partial charge in [0.05, 0.1) is 12.5 Å². The van der Waals surface area contributed by atoms with E-state index >= 15 is 0 Å². The number of hydrogen-bond acceptors (Lipinski definition) is 3. The minimum absolute atomic E-state index is 0.216. The molecule has 0 aliphatic carbocycles. The van der Waals surface area contributed by atoms with E-state index in [0.717, 1.165) is 38.1 Å². The van der Waals surface area contributed by atoms with Crippen molar-refractivity contribution in [2.45, 2.75) is 39.7 Å². The van der Waals surface area contributed by atoms with E-state index in [2.05, 4.69) is 24.0 Å². The lowest BCUT2D eigenvalue weighted by Crippen LogP contribution is -2.38. The summed E-state index contributed by atoms with van der Waals surface area (Å²) in [6.45, 7) is 7.28. The molecule has 1 aliphatic rings. The molecule has 0 spiro atoms. The maximum atomic E-state index is 11.1. The van der Waals surface area contributed by atoms with Crippen molar-refractivity contribution in [3.05, 3.63) is 29.3 Å². The highest BCUT2D eigenvalue weighted by molar-refractivity contribution is 5.70. The Bertz CT molecular complexity index is 487. The molecule has 116 valence electrons. The van der Waals surface area contributed by atoms with Gasteiger partial charge in [-0.1, -0.05) is 13.0 Å². The number of aliphatic carboxylic acids is 1. The first-order chi connectivity index (χ1) is 10.1. The van der Waals surface area contributed by atoms with Crippen LogP contribution in [0.15, 0.2) is 18.2 Å². The van der Waals surface area contributed by atoms with Crippen LogP contribution in [0.1, 0.15) is 37.8 Å². The monoisotopic (exact) mass is 291 g/mol. The molecule has 1 saturated heterocycles. The van der Waals surface area contributed by atoms with Crippen LogP contribution in [0.25, 0.3) is 0 Å². The lowest BCUT2D eigenvalue weighted by Gasteiger charge is -2.31. The quantitative estimate of drug-likeness (QED) is 0.875. The van der Waals surface area contributed by atoms with Crippen molar-refractivity contribution in [1.82, 2.24) is 4.90 Å². The zero-order chi connectivity index (χ0) is 15.2. The summed E-state index contributed by atoms with van der Waals surface area (Å²) in [6.07, 6.45) is 2.73. The van der Waals surface area contributed by atoms with Crippen LogP contribution in [0, 0.1) is 5.92 Å². The zero-order valence-corrected chi connectivity index (χ0v) is 13.0. The molecule has 2 rings (SSSR count). The second kappa shape index (κ2) is 7.46. The average Bonchev–Trinajstić information content (AvgIpc) is 2.49. The Morgan fingerprint density at radius 1 is 1.38 bits per heavy atom. The van der Waals surface area contributed by atoms with Crippen molar-refractivity contribution < 1.29 is 14.6 Å². The van der Waals surface area contributed by atoms with Crippen molar-refractivity contribution in [2.24, 2.45) is 5.92 Å². The van der Waals surface area contributed by atoms with Gasteiger partial charge in [0.2, 0.25) is 0 Å². The van der Waals surface area contributed by atoms with E-state index in [1.54, 1.807) is 0 Å². The number of rotatable bonds is 6. The van der Waals surface area contributed by atoms with Crippen LogP contribution in [-0.4, -0.2) is 35.7 Å². The predicted octanol–water partition coefficient (Wildman–Crippen LogP) is 2.94. The summed E-state index contributed by atoms with van der Waals surface area (Å²) in [5, 5.41) is 9.18. The minimum atomic E-state index is -0.665.